The van der Waals surface area contributed by atoms with Gasteiger partial charge in [-0.2, -0.15) is 0 Å². The molecule has 2 nitrogen and oxygen atoms in total. The molecule has 0 radical (unpaired) electrons. The van der Waals surface area contributed by atoms with E-state index >= 15 is 0 Å². The molecule has 2 unspecified atom stereocenters. The van der Waals surface area contributed by atoms with Crippen molar-refractivity contribution in [2.24, 2.45) is 0 Å². The van der Waals surface area contributed by atoms with Crippen LogP contribution in [-0.2, 0) is 0 Å². The zero-order valence-corrected chi connectivity index (χ0v) is 13.4. The van der Waals surface area contributed by atoms with Crippen molar-refractivity contribution >= 4 is 0 Å². The first kappa shape index (κ1) is 15.5. The molecule has 1 aliphatic heterocycles. The standard InChI is InChI=1S/C18H30N2/c1-4-5-12-20(14-18-10-7-11-19-18)16(3)17-9-6-8-15(2)13-17/h6,8-9,13,16,18-19H,4-5,7,10-12,14H2,1-3H3. The van der Waals surface area contributed by atoms with Gasteiger partial charge in [0.15, 0.2) is 0 Å². The SMILES string of the molecule is CCCCN(CC1CCCN1)C(C)c1cccc(C)c1. The van der Waals surface area contributed by atoms with Gasteiger partial charge in [-0.1, -0.05) is 43.2 Å². The number of nitrogens with one attached hydrogen (secondary N) is 1. The summed E-state index contributed by atoms with van der Waals surface area (Å²) in [6.07, 6.45) is 5.24. The highest BCUT2D eigenvalue weighted by Gasteiger charge is 2.21. The molecule has 20 heavy (non-hydrogen) atoms. The Bertz CT molecular complexity index is 396. The quantitative estimate of drug-likeness (QED) is 0.811. The van der Waals surface area contributed by atoms with Gasteiger partial charge in [-0.25, -0.2) is 0 Å². The number of unbranched alkanes of at least 4 members (excludes halogenated alkanes) is 1. The zero-order chi connectivity index (χ0) is 14.4. The highest BCUT2D eigenvalue weighted by Crippen LogP contribution is 2.23. The lowest BCUT2D eigenvalue weighted by atomic mass is 10.0. The highest BCUT2D eigenvalue weighted by molar-refractivity contribution is 5.24. The molecule has 1 aromatic rings. The van der Waals surface area contributed by atoms with E-state index in [9.17, 15) is 0 Å². The molecule has 0 bridgehead atoms. The van der Waals surface area contributed by atoms with Gasteiger partial charge in [0.25, 0.3) is 0 Å². The second-order valence-corrected chi connectivity index (χ2v) is 6.23. The average molecular weight is 274 g/mol. The summed E-state index contributed by atoms with van der Waals surface area (Å²) in [6, 6.07) is 10.2. The Balaban J connectivity index is 2.03. The smallest absolute Gasteiger partial charge is 0.0320 e. The van der Waals surface area contributed by atoms with Crippen molar-refractivity contribution in [2.45, 2.75) is 58.5 Å². The number of hydrogen-bond donors (Lipinski definition) is 1. The van der Waals surface area contributed by atoms with Crippen LogP contribution in [0.3, 0.4) is 0 Å². The third kappa shape index (κ3) is 4.32. The third-order valence-electron chi connectivity index (χ3n) is 4.49. The molecule has 2 heteroatoms. The van der Waals surface area contributed by atoms with Gasteiger partial charge in [0.05, 0.1) is 0 Å². The fourth-order valence-corrected chi connectivity index (χ4v) is 3.14. The van der Waals surface area contributed by atoms with E-state index in [2.05, 4.69) is 55.3 Å². The Kier molecular flexibility index (Phi) is 6.06. The van der Waals surface area contributed by atoms with Crippen LogP contribution in [-0.4, -0.2) is 30.6 Å². The first-order chi connectivity index (χ1) is 9.70. The molecule has 0 amide bonds. The zero-order valence-electron chi connectivity index (χ0n) is 13.4. The number of aryl methyl sites for hydroxylation is 1. The van der Waals surface area contributed by atoms with Gasteiger partial charge in [0.1, 0.15) is 0 Å². The van der Waals surface area contributed by atoms with Gasteiger partial charge in [-0.15, -0.1) is 0 Å². The van der Waals surface area contributed by atoms with Crippen LogP contribution in [0.1, 0.15) is 56.7 Å². The Morgan fingerprint density at radius 1 is 1.40 bits per heavy atom. The molecular weight excluding hydrogens is 244 g/mol. The minimum Gasteiger partial charge on any atom is -0.313 e. The van der Waals surface area contributed by atoms with E-state index in [0.717, 1.165) is 0 Å². The monoisotopic (exact) mass is 274 g/mol. The van der Waals surface area contributed by atoms with Crippen LogP contribution in [0.25, 0.3) is 0 Å². The van der Waals surface area contributed by atoms with E-state index in [0.29, 0.717) is 12.1 Å². The lowest BCUT2D eigenvalue weighted by molar-refractivity contribution is 0.189. The maximum atomic E-state index is 3.64. The predicted octanol–water partition coefficient (Wildman–Crippen LogP) is 3.91. The normalized spacial score (nSPS) is 20.5. The van der Waals surface area contributed by atoms with Crippen molar-refractivity contribution in [3.05, 3.63) is 35.4 Å². The molecule has 0 aromatic heterocycles. The van der Waals surface area contributed by atoms with Gasteiger partial charge in [-0.05, 0) is 51.8 Å². The molecule has 1 aliphatic rings. The lowest BCUT2D eigenvalue weighted by Gasteiger charge is -2.32. The van der Waals surface area contributed by atoms with E-state index in [1.807, 2.05) is 0 Å². The molecule has 1 N–H and O–H groups in total. The maximum Gasteiger partial charge on any atom is 0.0320 e. The van der Waals surface area contributed by atoms with Crippen LogP contribution in [0, 0.1) is 6.92 Å². The van der Waals surface area contributed by atoms with E-state index in [1.165, 1.54) is 56.4 Å². The fourth-order valence-electron chi connectivity index (χ4n) is 3.14. The topological polar surface area (TPSA) is 15.3 Å². The van der Waals surface area contributed by atoms with E-state index in [-0.39, 0.29) is 0 Å². The van der Waals surface area contributed by atoms with Crippen molar-refractivity contribution in [1.29, 1.82) is 0 Å². The number of rotatable bonds is 7. The van der Waals surface area contributed by atoms with Crippen molar-refractivity contribution < 1.29 is 0 Å². The van der Waals surface area contributed by atoms with Crippen LogP contribution < -0.4 is 5.32 Å². The molecule has 112 valence electrons. The molecule has 1 saturated heterocycles. The van der Waals surface area contributed by atoms with Crippen LogP contribution in [0.15, 0.2) is 24.3 Å². The van der Waals surface area contributed by atoms with Crippen LogP contribution in [0.5, 0.6) is 0 Å². The summed E-state index contributed by atoms with van der Waals surface area (Å²) >= 11 is 0. The minimum atomic E-state index is 0.517. The maximum absolute atomic E-state index is 3.64. The van der Waals surface area contributed by atoms with Crippen LogP contribution in [0.4, 0.5) is 0 Å². The summed E-state index contributed by atoms with van der Waals surface area (Å²) < 4.78 is 0. The Labute approximate surface area is 124 Å². The van der Waals surface area contributed by atoms with Gasteiger partial charge >= 0.3 is 0 Å². The van der Waals surface area contributed by atoms with Crippen molar-refractivity contribution in [2.75, 3.05) is 19.6 Å². The minimum absolute atomic E-state index is 0.517. The summed E-state index contributed by atoms with van der Waals surface area (Å²) in [5, 5.41) is 3.64. The van der Waals surface area contributed by atoms with E-state index in [1.54, 1.807) is 0 Å². The summed E-state index contributed by atoms with van der Waals surface area (Å²) in [5.41, 5.74) is 2.82. The second kappa shape index (κ2) is 7.80. The van der Waals surface area contributed by atoms with Crippen LogP contribution in [0.2, 0.25) is 0 Å². The summed E-state index contributed by atoms with van der Waals surface area (Å²) in [4.78, 5) is 2.67. The second-order valence-electron chi connectivity index (χ2n) is 6.23. The Hall–Kier alpha value is -0.860. The summed E-state index contributed by atoms with van der Waals surface area (Å²) in [7, 11) is 0. The molecule has 2 rings (SSSR count). The molecule has 0 aliphatic carbocycles. The fraction of sp³-hybridized carbons (Fsp3) is 0.667. The van der Waals surface area contributed by atoms with Crippen LogP contribution >= 0.6 is 0 Å². The molecule has 1 fully saturated rings. The van der Waals surface area contributed by atoms with Gasteiger partial charge in [0, 0.05) is 18.6 Å². The van der Waals surface area contributed by atoms with Gasteiger partial charge in [-0.3, -0.25) is 4.90 Å². The molecular formula is C18H30N2. The molecule has 0 spiro atoms. The summed E-state index contributed by atoms with van der Waals surface area (Å²) in [5.74, 6) is 0. The van der Waals surface area contributed by atoms with E-state index < -0.39 is 0 Å². The first-order valence-corrected chi connectivity index (χ1v) is 8.24. The van der Waals surface area contributed by atoms with Crippen molar-refractivity contribution in [1.82, 2.24) is 10.2 Å². The Morgan fingerprint density at radius 3 is 2.90 bits per heavy atom. The molecule has 2 atom stereocenters. The van der Waals surface area contributed by atoms with Gasteiger partial charge < -0.3 is 5.32 Å². The summed E-state index contributed by atoms with van der Waals surface area (Å²) in [6.45, 7) is 10.4. The average Bonchev–Trinajstić information content (AvgIpc) is 2.95. The lowest BCUT2D eigenvalue weighted by Crippen LogP contribution is -2.39. The number of benzene rings is 1. The predicted molar refractivity (Wildman–Crippen MR) is 87.1 cm³/mol. The van der Waals surface area contributed by atoms with Crippen molar-refractivity contribution in [3.63, 3.8) is 0 Å². The van der Waals surface area contributed by atoms with Gasteiger partial charge in [0.2, 0.25) is 0 Å². The number of nitrogens with zero attached hydrogens (tertiary/aromatic N) is 1. The Morgan fingerprint density at radius 2 is 2.25 bits per heavy atom. The third-order valence-corrected chi connectivity index (χ3v) is 4.49. The molecule has 1 aromatic carbocycles. The number of hydrogen-bond acceptors (Lipinski definition) is 2. The molecule has 1 heterocycles. The largest absolute Gasteiger partial charge is 0.313 e. The van der Waals surface area contributed by atoms with Crippen molar-refractivity contribution in [3.8, 4) is 0 Å². The van der Waals surface area contributed by atoms with E-state index in [4.69, 9.17) is 0 Å². The first-order valence-electron chi connectivity index (χ1n) is 8.24. The molecule has 0 saturated carbocycles. The highest BCUT2D eigenvalue weighted by atomic mass is 15.2.